The fourth-order valence-electron chi connectivity index (χ4n) is 2.71. The van der Waals surface area contributed by atoms with Gasteiger partial charge >= 0.3 is 5.97 Å². The van der Waals surface area contributed by atoms with Crippen LogP contribution in [0, 0.1) is 6.92 Å². The maximum atomic E-state index is 12.4. The van der Waals surface area contributed by atoms with Gasteiger partial charge in [-0.05, 0) is 60.5 Å². The smallest absolute Gasteiger partial charge is 0.345 e. The second-order valence-electron chi connectivity index (χ2n) is 6.44. The van der Waals surface area contributed by atoms with Crippen molar-refractivity contribution in [3.63, 3.8) is 0 Å². The van der Waals surface area contributed by atoms with Gasteiger partial charge in [0.25, 0.3) is 5.91 Å². The Morgan fingerprint density at radius 1 is 0.968 bits per heavy atom. The number of halogens is 2. The van der Waals surface area contributed by atoms with Crippen molar-refractivity contribution in [2.45, 2.75) is 6.92 Å². The van der Waals surface area contributed by atoms with E-state index in [4.69, 9.17) is 32.7 Å². The molecular weight excluding hydrogens is 439 g/mol. The zero-order valence-corrected chi connectivity index (χ0v) is 18.2. The summed E-state index contributed by atoms with van der Waals surface area (Å²) in [7, 11) is 1.45. The number of hydrogen-bond acceptors (Lipinski definition) is 5. The number of esters is 1. The third kappa shape index (κ3) is 5.63. The molecule has 1 amide bonds. The van der Waals surface area contributed by atoms with Gasteiger partial charge in [-0.25, -0.2) is 10.2 Å². The molecule has 3 aromatic carbocycles. The van der Waals surface area contributed by atoms with E-state index in [1.54, 1.807) is 36.4 Å². The number of nitrogens with zero attached hydrogens (tertiary/aromatic N) is 1. The summed E-state index contributed by atoms with van der Waals surface area (Å²) in [6.07, 6.45) is 1.46. The predicted molar refractivity (Wildman–Crippen MR) is 121 cm³/mol. The van der Waals surface area contributed by atoms with Crippen LogP contribution in [0.15, 0.2) is 65.8 Å². The fourth-order valence-corrected chi connectivity index (χ4v) is 3.20. The van der Waals surface area contributed by atoms with Gasteiger partial charge in [-0.3, -0.25) is 4.79 Å². The maximum absolute atomic E-state index is 12.4. The van der Waals surface area contributed by atoms with E-state index in [1.807, 2.05) is 19.1 Å². The molecule has 3 aromatic rings. The molecule has 0 unspecified atom stereocenters. The lowest BCUT2D eigenvalue weighted by Gasteiger charge is -2.10. The van der Waals surface area contributed by atoms with Crippen LogP contribution < -0.4 is 14.9 Å². The summed E-state index contributed by atoms with van der Waals surface area (Å²) in [5.41, 5.74) is 4.69. The normalized spacial score (nSPS) is 10.7. The number of methoxy groups -OCH3 is 1. The van der Waals surface area contributed by atoms with Crippen LogP contribution >= 0.6 is 23.2 Å². The molecule has 0 heterocycles. The number of carbonyl (C=O) groups excluding carboxylic acids is 2. The summed E-state index contributed by atoms with van der Waals surface area (Å²) in [6, 6.07) is 16.6. The standard InChI is InChI=1S/C23H18Cl2N2O4/c1-14-5-3-4-6-17(14)22(28)27-26-13-15-7-10-20(21(11-15)30-2)31-23(29)18-9-8-16(24)12-19(18)25/h3-13H,1-2H3,(H,27,28)/b26-13-. The summed E-state index contributed by atoms with van der Waals surface area (Å²) in [5, 5.41) is 4.57. The highest BCUT2D eigenvalue weighted by Crippen LogP contribution is 2.30. The van der Waals surface area contributed by atoms with Crippen molar-refractivity contribution in [1.29, 1.82) is 0 Å². The zero-order valence-electron chi connectivity index (χ0n) is 16.7. The van der Waals surface area contributed by atoms with Crippen LogP contribution in [0.1, 0.15) is 31.8 Å². The molecule has 0 radical (unpaired) electrons. The maximum Gasteiger partial charge on any atom is 0.345 e. The molecule has 0 spiro atoms. The first-order valence-electron chi connectivity index (χ1n) is 9.13. The lowest BCUT2D eigenvalue weighted by Crippen LogP contribution is -2.18. The number of nitrogens with one attached hydrogen (secondary N) is 1. The average molecular weight is 457 g/mol. The Hall–Kier alpha value is -3.35. The molecule has 6 nitrogen and oxygen atoms in total. The molecule has 1 N–H and O–H groups in total. The minimum absolute atomic E-state index is 0.178. The van der Waals surface area contributed by atoms with Crippen LogP contribution in [0.25, 0.3) is 0 Å². The molecule has 158 valence electrons. The number of aryl methyl sites for hydroxylation is 1. The van der Waals surface area contributed by atoms with E-state index in [2.05, 4.69) is 10.5 Å². The first kappa shape index (κ1) is 22.3. The summed E-state index contributed by atoms with van der Waals surface area (Å²) < 4.78 is 10.7. The predicted octanol–water partition coefficient (Wildman–Crippen LogP) is 5.29. The zero-order chi connectivity index (χ0) is 22.4. The van der Waals surface area contributed by atoms with Gasteiger partial charge < -0.3 is 9.47 Å². The van der Waals surface area contributed by atoms with Crippen LogP contribution in [-0.2, 0) is 0 Å². The van der Waals surface area contributed by atoms with Gasteiger partial charge in [0.15, 0.2) is 11.5 Å². The van der Waals surface area contributed by atoms with E-state index in [0.29, 0.717) is 21.9 Å². The average Bonchev–Trinajstić information content (AvgIpc) is 2.74. The van der Waals surface area contributed by atoms with E-state index in [0.717, 1.165) is 5.56 Å². The molecule has 0 aliphatic carbocycles. The molecule has 8 heteroatoms. The first-order valence-corrected chi connectivity index (χ1v) is 9.89. The molecule has 0 saturated carbocycles. The molecule has 0 saturated heterocycles. The second kappa shape index (κ2) is 10.1. The van der Waals surface area contributed by atoms with Crippen molar-refractivity contribution in [2.24, 2.45) is 5.10 Å². The Morgan fingerprint density at radius 2 is 1.74 bits per heavy atom. The van der Waals surface area contributed by atoms with Gasteiger partial charge in [-0.1, -0.05) is 41.4 Å². The van der Waals surface area contributed by atoms with Crippen LogP contribution in [-0.4, -0.2) is 25.2 Å². The lowest BCUT2D eigenvalue weighted by atomic mass is 10.1. The van der Waals surface area contributed by atoms with Crippen molar-refractivity contribution in [1.82, 2.24) is 5.43 Å². The Morgan fingerprint density at radius 3 is 2.45 bits per heavy atom. The van der Waals surface area contributed by atoms with Gasteiger partial charge in [0, 0.05) is 10.6 Å². The Balaban J connectivity index is 1.71. The highest BCUT2D eigenvalue weighted by Gasteiger charge is 2.16. The number of carbonyl (C=O) groups is 2. The van der Waals surface area contributed by atoms with Gasteiger partial charge in [0.1, 0.15) is 0 Å². The molecule has 0 aromatic heterocycles. The Kier molecular flexibility index (Phi) is 7.28. The highest BCUT2D eigenvalue weighted by molar-refractivity contribution is 6.36. The van der Waals surface area contributed by atoms with E-state index < -0.39 is 5.97 Å². The molecule has 0 bridgehead atoms. The quantitative estimate of drug-likeness (QED) is 0.236. The molecule has 0 fully saturated rings. The van der Waals surface area contributed by atoms with Crippen LogP contribution in [0.5, 0.6) is 11.5 Å². The number of hydrazone groups is 1. The third-order valence-corrected chi connectivity index (χ3v) is 4.86. The van der Waals surface area contributed by atoms with Crippen molar-refractivity contribution in [3.05, 3.63) is 93.0 Å². The van der Waals surface area contributed by atoms with Crippen LogP contribution in [0.4, 0.5) is 0 Å². The van der Waals surface area contributed by atoms with Gasteiger partial charge in [0.2, 0.25) is 0 Å². The summed E-state index contributed by atoms with van der Waals surface area (Å²) in [6.45, 7) is 1.85. The molecule has 31 heavy (non-hydrogen) atoms. The Labute approximate surface area is 189 Å². The SMILES string of the molecule is COc1cc(/C=N\NC(=O)c2ccccc2C)ccc1OC(=O)c1ccc(Cl)cc1Cl. The summed E-state index contributed by atoms with van der Waals surface area (Å²) in [5.74, 6) is -0.439. The number of hydrogen-bond donors (Lipinski definition) is 1. The molecule has 3 rings (SSSR count). The van der Waals surface area contributed by atoms with Gasteiger partial charge in [-0.15, -0.1) is 0 Å². The number of benzene rings is 3. The van der Waals surface area contributed by atoms with Crippen LogP contribution in [0.2, 0.25) is 10.0 Å². The third-order valence-electron chi connectivity index (χ3n) is 4.31. The van der Waals surface area contributed by atoms with E-state index in [1.165, 1.54) is 25.5 Å². The molecule has 0 atom stereocenters. The minimum Gasteiger partial charge on any atom is -0.493 e. The van der Waals surface area contributed by atoms with Crippen molar-refractivity contribution in [2.75, 3.05) is 7.11 Å². The number of amides is 1. The first-order chi connectivity index (χ1) is 14.9. The van der Waals surface area contributed by atoms with Crippen molar-refractivity contribution >= 4 is 41.3 Å². The second-order valence-corrected chi connectivity index (χ2v) is 7.28. The van der Waals surface area contributed by atoms with E-state index >= 15 is 0 Å². The topological polar surface area (TPSA) is 77.0 Å². The molecule has 0 aliphatic heterocycles. The largest absolute Gasteiger partial charge is 0.493 e. The number of rotatable bonds is 6. The minimum atomic E-state index is -0.646. The lowest BCUT2D eigenvalue weighted by molar-refractivity contribution is 0.0729. The molecule has 0 aliphatic rings. The summed E-state index contributed by atoms with van der Waals surface area (Å²) >= 11 is 11.9. The Bertz CT molecular complexity index is 1160. The number of ether oxygens (including phenoxy) is 2. The summed E-state index contributed by atoms with van der Waals surface area (Å²) in [4.78, 5) is 24.6. The van der Waals surface area contributed by atoms with Gasteiger partial charge in [-0.2, -0.15) is 5.10 Å². The fraction of sp³-hybridized carbons (Fsp3) is 0.0870. The van der Waals surface area contributed by atoms with Crippen molar-refractivity contribution < 1.29 is 19.1 Å². The van der Waals surface area contributed by atoms with E-state index in [-0.39, 0.29) is 22.2 Å². The molecular formula is C23H18Cl2N2O4. The van der Waals surface area contributed by atoms with Crippen molar-refractivity contribution in [3.8, 4) is 11.5 Å². The van der Waals surface area contributed by atoms with Gasteiger partial charge in [0.05, 0.1) is 23.9 Å². The van der Waals surface area contributed by atoms with E-state index in [9.17, 15) is 9.59 Å². The van der Waals surface area contributed by atoms with Crippen LogP contribution in [0.3, 0.4) is 0 Å². The monoisotopic (exact) mass is 456 g/mol. The highest BCUT2D eigenvalue weighted by atomic mass is 35.5.